The van der Waals surface area contributed by atoms with Crippen molar-refractivity contribution in [1.29, 1.82) is 0 Å². The molecule has 0 atom stereocenters. The first-order valence-electron chi connectivity index (χ1n) is 5.56. The minimum Gasteiger partial charge on any atom is -0.295 e. The van der Waals surface area contributed by atoms with E-state index >= 15 is 0 Å². The van der Waals surface area contributed by atoms with E-state index in [-0.39, 0.29) is 5.78 Å². The number of halogens is 1. The van der Waals surface area contributed by atoms with Gasteiger partial charge in [0.1, 0.15) is 0 Å². The zero-order valence-corrected chi connectivity index (χ0v) is 10.9. The van der Waals surface area contributed by atoms with E-state index in [1.807, 2.05) is 0 Å². The average molecular weight is 275 g/mol. The molecule has 0 saturated heterocycles. The average Bonchev–Trinajstić information content (AvgIpc) is 2.84. The Balaban J connectivity index is 2.11. The van der Waals surface area contributed by atoms with Crippen LogP contribution in [0.1, 0.15) is 12.7 Å². The summed E-state index contributed by atoms with van der Waals surface area (Å²) < 4.78 is 0. The highest BCUT2D eigenvalue weighted by molar-refractivity contribution is 6.30. The highest BCUT2D eigenvalue weighted by Crippen LogP contribution is 2.11. The third-order valence-electron chi connectivity index (χ3n) is 2.17. The summed E-state index contributed by atoms with van der Waals surface area (Å²) in [6.45, 7) is 1.49. The lowest BCUT2D eigenvalue weighted by Crippen LogP contribution is -1.98. The number of aromatic nitrogens is 4. The van der Waals surface area contributed by atoms with Crippen LogP contribution in [0.15, 0.2) is 42.5 Å². The quantitative estimate of drug-likeness (QED) is 0.635. The molecule has 0 bridgehead atoms. The second-order valence-corrected chi connectivity index (χ2v) is 4.18. The topological polar surface area (TPSA) is 60.7 Å². The Kier molecular flexibility index (Phi) is 4.20. The van der Waals surface area contributed by atoms with Gasteiger partial charge in [-0.15, -0.1) is 15.0 Å². The monoisotopic (exact) mass is 274 g/mol. The van der Waals surface area contributed by atoms with Gasteiger partial charge in [0.25, 0.3) is 0 Å². The van der Waals surface area contributed by atoms with Crippen molar-refractivity contribution in [3.05, 3.63) is 53.3 Å². The number of carbonyl (C=O) groups excluding carboxylic acids is 1. The van der Waals surface area contributed by atoms with Gasteiger partial charge >= 0.3 is 0 Å². The summed E-state index contributed by atoms with van der Waals surface area (Å²) in [7, 11) is 0. The number of tetrazole rings is 1. The Morgan fingerprint density at radius 3 is 2.68 bits per heavy atom. The summed E-state index contributed by atoms with van der Waals surface area (Å²) in [5.41, 5.74) is 0.774. The van der Waals surface area contributed by atoms with E-state index in [9.17, 15) is 4.79 Å². The van der Waals surface area contributed by atoms with E-state index < -0.39 is 0 Å². The third-order valence-corrected chi connectivity index (χ3v) is 2.43. The van der Waals surface area contributed by atoms with Gasteiger partial charge in [0.15, 0.2) is 11.6 Å². The number of hydrogen-bond acceptors (Lipinski definition) is 4. The van der Waals surface area contributed by atoms with Gasteiger partial charge in [-0.1, -0.05) is 23.8 Å². The van der Waals surface area contributed by atoms with Crippen LogP contribution in [0, 0.1) is 0 Å². The van der Waals surface area contributed by atoms with Crippen LogP contribution in [-0.4, -0.2) is 26.0 Å². The fraction of sp³-hybridized carbons (Fsp3) is 0.0769. The summed E-state index contributed by atoms with van der Waals surface area (Å²) in [5.74, 6) is 0.450. The number of carbonyl (C=O) groups is 1. The van der Waals surface area contributed by atoms with Crippen molar-refractivity contribution in [1.82, 2.24) is 20.2 Å². The third kappa shape index (κ3) is 3.86. The molecule has 0 aliphatic heterocycles. The molecule has 96 valence electrons. The van der Waals surface area contributed by atoms with Crippen LogP contribution in [0.2, 0.25) is 5.02 Å². The number of rotatable bonds is 4. The van der Waals surface area contributed by atoms with Gasteiger partial charge in [0.2, 0.25) is 0 Å². The number of benzene rings is 1. The van der Waals surface area contributed by atoms with E-state index in [4.69, 9.17) is 11.6 Å². The largest absolute Gasteiger partial charge is 0.295 e. The van der Waals surface area contributed by atoms with Crippen molar-refractivity contribution < 1.29 is 4.79 Å². The molecule has 19 heavy (non-hydrogen) atoms. The Bertz CT molecular complexity index is 628. The van der Waals surface area contributed by atoms with Crippen molar-refractivity contribution in [2.45, 2.75) is 6.92 Å². The molecule has 1 aromatic heterocycles. The molecule has 6 heteroatoms. The summed E-state index contributed by atoms with van der Waals surface area (Å²) in [5, 5.41) is 12.6. The van der Waals surface area contributed by atoms with Crippen LogP contribution in [0.25, 0.3) is 11.8 Å². The molecular formula is C13H11ClN4O. The SMILES string of the molecule is CC(=O)/C=C/C=C/c1nnn(-c2ccc(Cl)cc2)n1. The van der Waals surface area contributed by atoms with Gasteiger partial charge in [0.05, 0.1) is 5.69 Å². The van der Waals surface area contributed by atoms with Crippen molar-refractivity contribution in [2.75, 3.05) is 0 Å². The molecule has 0 N–H and O–H groups in total. The van der Waals surface area contributed by atoms with Crippen molar-refractivity contribution in [3.8, 4) is 5.69 Å². The fourth-order valence-corrected chi connectivity index (χ4v) is 1.43. The highest BCUT2D eigenvalue weighted by atomic mass is 35.5. The normalized spacial score (nSPS) is 11.5. The number of hydrogen-bond donors (Lipinski definition) is 0. The smallest absolute Gasteiger partial charge is 0.198 e. The van der Waals surface area contributed by atoms with Crippen LogP contribution in [0.5, 0.6) is 0 Å². The number of nitrogens with zero attached hydrogens (tertiary/aromatic N) is 4. The maximum Gasteiger partial charge on any atom is 0.198 e. The van der Waals surface area contributed by atoms with Gasteiger partial charge in [-0.25, -0.2) is 0 Å². The Morgan fingerprint density at radius 2 is 2.00 bits per heavy atom. The minimum absolute atomic E-state index is 0.0116. The van der Waals surface area contributed by atoms with Gasteiger partial charge in [-0.2, -0.15) is 0 Å². The van der Waals surface area contributed by atoms with Crippen LogP contribution in [-0.2, 0) is 4.79 Å². The highest BCUT2D eigenvalue weighted by Gasteiger charge is 2.01. The molecule has 0 amide bonds. The summed E-state index contributed by atoms with van der Waals surface area (Å²) in [4.78, 5) is 12.1. The molecule has 2 aromatic rings. The first-order valence-corrected chi connectivity index (χ1v) is 5.94. The van der Waals surface area contributed by atoms with Crippen molar-refractivity contribution in [2.24, 2.45) is 0 Å². The molecular weight excluding hydrogens is 264 g/mol. The molecule has 1 heterocycles. The lowest BCUT2D eigenvalue weighted by Gasteiger charge is -1.96. The molecule has 0 spiro atoms. The van der Waals surface area contributed by atoms with E-state index in [1.165, 1.54) is 17.8 Å². The zero-order chi connectivity index (χ0) is 13.7. The molecule has 0 aliphatic rings. The fourth-order valence-electron chi connectivity index (χ4n) is 1.31. The van der Waals surface area contributed by atoms with Crippen LogP contribution < -0.4 is 0 Å². The maximum absolute atomic E-state index is 10.7. The Labute approximate surface area is 115 Å². The summed E-state index contributed by atoms with van der Waals surface area (Å²) in [6.07, 6.45) is 6.44. The Morgan fingerprint density at radius 1 is 1.26 bits per heavy atom. The molecule has 5 nitrogen and oxygen atoms in total. The molecule has 0 aliphatic carbocycles. The van der Waals surface area contributed by atoms with E-state index in [2.05, 4.69) is 15.4 Å². The van der Waals surface area contributed by atoms with E-state index in [0.29, 0.717) is 10.8 Å². The van der Waals surface area contributed by atoms with Gasteiger partial charge in [-0.05, 0) is 48.6 Å². The molecule has 0 unspecified atom stereocenters. The predicted octanol–water partition coefficient (Wildman–Crippen LogP) is 2.47. The van der Waals surface area contributed by atoms with Crippen molar-refractivity contribution >= 4 is 23.5 Å². The van der Waals surface area contributed by atoms with Gasteiger partial charge in [0, 0.05) is 5.02 Å². The lowest BCUT2D eigenvalue weighted by molar-refractivity contribution is -0.112. The number of allylic oxidation sites excluding steroid dienone is 3. The predicted molar refractivity (Wildman–Crippen MR) is 73.0 cm³/mol. The first-order chi connectivity index (χ1) is 9.15. The standard InChI is InChI=1S/C13H11ClN4O/c1-10(19)4-2-3-5-13-15-17-18(16-13)12-8-6-11(14)7-9-12/h2-9H,1H3/b4-2+,5-3+. The second kappa shape index (κ2) is 6.06. The maximum atomic E-state index is 10.7. The number of ketones is 1. The van der Waals surface area contributed by atoms with Crippen molar-refractivity contribution in [3.63, 3.8) is 0 Å². The van der Waals surface area contributed by atoms with Crippen LogP contribution >= 0.6 is 11.6 Å². The molecule has 0 saturated carbocycles. The molecule has 1 aromatic carbocycles. The minimum atomic E-state index is -0.0116. The summed E-state index contributed by atoms with van der Waals surface area (Å²) in [6, 6.07) is 7.11. The molecule has 2 rings (SSSR count). The second-order valence-electron chi connectivity index (χ2n) is 3.74. The molecule has 0 fully saturated rings. The van der Waals surface area contributed by atoms with Crippen LogP contribution in [0.3, 0.4) is 0 Å². The van der Waals surface area contributed by atoms with Gasteiger partial charge < -0.3 is 0 Å². The zero-order valence-electron chi connectivity index (χ0n) is 10.2. The Hall–Kier alpha value is -2.27. The summed E-state index contributed by atoms with van der Waals surface area (Å²) >= 11 is 5.80. The molecule has 0 radical (unpaired) electrons. The van der Waals surface area contributed by atoms with Crippen LogP contribution in [0.4, 0.5) is 0 Å². The van der Waals surface area contributed by atoms with Gasteiger partial charge in [-0.3, -0.25) is 4.79 Å². The van der Waals surface area contributed by atoms with E-state index in [0.717, 1.165) is 5.69 Å². The van der Waals surface area contributed by atoms with E-state index in [1.54, 1.807) is 42.5 Å². The lowest BCUT2D eigenvalue weighted by atomic mass is 10.3. The first kappa shape index (κ1) is 13.2.